The monoisotopic (exact) mass is 348 g/mol. The van der Waals surface area contributed by atoms with Crippen molar-refractivity contribution in [2.75, 3.05) is 19.5 Å². The Hall–Kier alpha value is -2.24. The first-order valence-electron chi connectivity index (χ1n) is 8.77. The van der Waals surface area contributed by atoms with Gasteiger partial charge in [0.1, 0.15) is 0 Å². The molecule has 6 nitrogen and oxygen atoms in total. The molecule has 138 valence electrons. The van der Waals surface area contributed by atoms with Gasteiger partial charge in [-0.1, -0.05) is 0 Å². The van der Waals surface area contributed by atoms with E-state index in [1.807, 2.05) is 13.8 Å². The Morgan fingerprint density at radius 2 is 1.52 bits per heavy atom. The van der Waals surface area contributed by atoms with E-state index in [4.69, 9.17) is 9.47 Å². The number of amides is 2. The van der Waals surface area contributed by atoms with E-state index in [0.29, 0.717) is 17.2 Å². The Morgan fingerprint density at radius 1 is 0.960 bits per heavy atom. The summed E-state index contributed by atoms with van der Waals surface area (Å²) in [7, 11) is 3.14. The third kappa shape index (κ3) is 5.11. The molecule has 2 amide bonds. The molecule has 0 saturated heterocycles. The number of hydrogen-bond donors (Lipinski definition) is 2. The number of methoxy groups -OCH3 is 2. The number of hydrogen-bond acceptors (Lipinski definition) is 4. The minimum Gasteiger partial charge on any atom is -0.493 e. The first kappa shape index (κ1) is 19.1. The summed E-state index contributed by atoms with van der Waals surface area (Å²) in [6, 6.07) is 5.46. The normalized spacial score (nSPS) is 20.0. The average Bonchev–Trinajstić information content (AvgIpc) is 2.61. The van der Waals surface area contributed by atoms with E-state index >= 15 is 0 Å². The number of rotatable bonds is 6. The smallest absolute Gasteiger partial charge is 0.227 e. The van der Waals surface area contributed by atoms with Gasteiger partial charge in [0.2, 0.25) is 11.8 Å². The van der Waals surface area contributed by atoms with Gasteiger partial charge in [0.15, 0.2) is 11.5 Å². The van der Waals surface area contributed by atoms with E-state index < -0.39 is 0 Å². The minimum absolute atomic E-state index is 0.00469. The van der Waals surface area contributed by atoms with Gasteiger partial charge in [-0.15, -0.1) is 0 Å². The molecule has 1 aliphatic carbocycles. The topological polar surface area (TPSA) is 76.7 Å². The van der Waals surface area contributed by atoms with E-state index in [1.165, 1.54) is 0 Å². The van der Waals surface area contributed by atoms with Crippen LogP contribution >= 0.6 is 0 Å². The van der Waals surface area contributed by atoms with Crippen molar-refractivity contribution in [2.24, 2.45) is 11.8 Å². The molecule has 2 N–H and O–H groups in total. The fourth-order valence-corrected chi connectivity index (χ4v) is 3.18. The molecule has 0 heterocycles. The highest BCUT2D eigenvalue weighted by Crippen LogP contribution is 2.32. The zero-order chi connectivity index (χ0) is 18.4. The average molecular weight is 348 g/mol. The largest absolute Gasteiger partial charge is 0.493 e. The molecule has 0 aromatic heterocycles. The van der Waals surface area contributed by atoms with Crippen LogP contribution in [-0.2, 0) is 9.59 Å². The lowest BCUT2D eigenvalue weighted by Gasteiger charge is -2.27. The Balaban J connectivity index is 1.89. The fourth-order valence-electron chi connectivity index (χ4n) is 3.18. The van der Waals surface area contributed by atoms with Gasteiger partial charge in [0.25, 0.3) is 0 Å². The lowest BCUT2D eigenvalue weighted by molar-refractivity contribution is -0.128. The molecule has 6 heteroatoms. The van der Waals surface area contributed by atoms with Crippen molar-refractivity contribution in [1.29, 1.82) is 0 Å². The Labute approximate surface area is 149 Å². The molecule has 0 bridgehead atoms. The Bertz CT molecular complexity index is 607. The van der Waals surface area contributed by atoms with E-state index in [1.54, 1.807) is 32.4 Å². The summed E-state index contributed by atoms with van der Waals surface area (Å²) < 4.78 is 10.5. The second kappa shape index (κ2) is 8.74. The molecule has 1 saturated carbocycles. The van der Waals surface area contributed by atoms with E-state index in [0.717, 1.165) is 25.7 Å². The van der Waals surface area contributed by atoms with Gasteiger partial charge in [0.05, 0.1) is 14.2 Å². The molecule has 1 aliphatic rings. The molecule has 25 heavy (non-hydrogen) atoms. The summed E-state index contributed by atoms with van der Waals surface area (Å²) in [5.74, 6) is 1.26. The van der Waals surface area contributed by atoms with Crippen molar-refractivity contribution in [3.8, 4) is 11.5 Å². The maximum absolute atomic E-state index is 12.5. The van der Waals surface area contributed by atoms with Crippen molar-refractivity contribution < 1.29 is 19.1 Å². The highest BCUT2D eigenvalue weighted by atomic mass is 16.5. The molecular formula is C19H28N2O4. The van der Waals surface area contributed by atoms with Crippen molar-refractivity contribution in [3.05, 3.63) is 18.2 Å². The number of nitrogens with one attached hydrogen (secondary N) is 2. The first-order valence-corrected chi connectivity index (χ1v) is 8.77. The maximum Gasteiger partial charge on any atom is 0.227 e. The van der Waals surface area contributed by atoms with Crippen molar-refractivity contribution >= 4 is 17.5 Å². The van der Waals surface area contributed by atoms with Crippen LogP contribution in [0, 0.1) is 11.8 Å². The Morgan fingerprint density at radius 3 is 2.04 bits per heavy atom. The second-order valence-corrected chi connectivity index (χ2v) is 6.77. The maximum atomic E-state index is 12.5. The van der Waals surface area contributed by atoms with E-state index in [-0.39, 0.29) is 29.7 Å². The predicted octanol–water partition coefficient (Wildman–Crippen LogP) is 2.97. The van der Waals surface area contributed by atoms with Crippen LogP contribution in [0.4, 0.5) is 5.69 Å². The van der Waals surface area contributed by atoms with Crippen molar-refractivity contribution in [2.45, 2.75) is 45.6 Å². The van der Waals surface area contributed by atoms with Crippen molar-refractivity contribution in [3.63, 3.8) is 0 Å². The third-order valence-corrected chi connectivity index (χ3v) is 4.55. The summed E-state index contributed by atoms with van der Waals surface area (Å²) in [6.45, 7) is 3.92. The van der Waals surface area contributed by atoms with Crippen LogP contribution in [0.3, 0.4) is 0 Å². The summed E-state index contributed by atoms with van der Waals surface area (Å²) in [5.41, 5.74) is 0.683. The van der Waals surface area contributed by atoms with Crippen LogP contribution in [0.5, 0.6) is 11.5 Å². The SMILES string of the molecule is COc1ccc(NC(=O)C2CCC(C(=O)NC(C)C)CC2)cc1OC. The van der Waals surface area contributed by atoms with Crippen LogP contribution < -0.4 is 20.1 Å². The highest BCUT2D eigenvalue weighted by molar-refractivity contribution is 5.93. The number of anilines is 1. The predicted molar refractivity (Wildman–Crippen MR) is 96.9 cm³/mol. The molecular weight excluding hydrogens is 320 g/mol. The van der Waals surface area contributed by atoms with E-state index in [2.05, 4.69) is 10.6 Å². The Kier molecular flexibility index (Phi) is 6.67. The molecule has 0 spiro atoms. The molecule has 0 atom stereocenters. The molecule has 0 unspecified atom stereocenters. The van der Waals surface area contributed by atoms with Crippen LogP contribution in [0.1, 0.15) is 39.5 Å². The quantitative estimate of drug-likeness (QED) is 0.829. The third-order valence-electron chi connectivity index (χ3n) is 4.55. The van der Waals surface area contributed by atoms with E-state index in [9.17, 15) is 9.59 Å². The lowest BCUT2D eigenvalue weighted by Crippen LogP contribution is -2.38. The first-order chi connectivity index (χ1) is 11.9. The van der Waals surface area contributed by atoms with Gasteiger partial charge in [-0.25, -0.2) is 0 Å². The summed E-state index contributed by atoms with van der Waals surface area (Å²) in [5, 5.41) is 5.89. The number of benzene rings is 1. The van der Waals surface area contributed by atoms with Gasteiger partial charge in [-0.05, 0) is 51.7 Å². The lowest BCUT2D eigenvalue weighted by atomic mass is 9.81. The minimum atomic E-state index is -0.0591. The standard InChI is InChI=1S/C19H28N2O4/c1-12(2)20-18(22)13-5-7-14(8-6-13)19(23)21-15-9-10-16(24-3)17(11-15)25-4/h9-14H,5-8H2,1-4H3,(H,20,22)(H,21,23). The van der Waals surface area contributed by atoms with Crippen LogP contribution in [0.25, 0.3) is 0 Å². The van der Waals surface area contributed by atoms with Gasteiger partial charge >= 0.3 is 0 Å². The zero-order valence-electron chi connectivity index (χ0n) is 15.4. The molecule has 0 aliphatic heterocycles. The summed E-state index contributed by atoms with van der Waals surface area (Å²) in [6.07, 6.45) is 2.97. The highest BCUT2D eigenvalue weighted by Gasteiger charge is 2.30. The second-order valence-electron chi connectivity index (χ2n) is 6.77. The summed E-state index contributed by atoms with van der Waals surface area (Å²) in [4.78, 5) is 24.6. The number of carbonyl (C=O) groups excluding carboxylic acids is 2. The molecule has 1 fully saturated rings. The van der Waals surface area contributed by atoms with Gasteiger partial charge in [-0.3, -0.25) is 9.59 Å². The summed E-state index contributed by atoms with van der Waals surface area (Å²) >= 11 is 0. The van der Waals surface area contributed by atoms with Gasteiger partial charge in [-0.2, -0.15) is 0 Å². The number of ether oxygens (including phenoxy) is 2. The molecule has 1 aromatic carbocycles. The van der Waals surface area contributed by atoms with Crippen molar-refractivity contribution in [1.82, 2.24) is 5.32 Å². The fraction of sp³-hybridized carbons (Fsp3) is 0.579. The van der Waals surface area contributed by atoms with Crippen LogP contribution in [0.2, 0.25) is 0 Å². The van der Waals surface area contributed by atoms with Gasteiger partial charge < -0.3 is 20.1 Å². The van der Waals surface area contributed by atoms with Gasteiger partial charge in [0, 0.05) is 29.6 Å². The number of carbonyl (C=O) groups is 2. The zero-order valence-corrected chi connectivity index (χ0v) is 15.4. The van der Waals surface area contributed by atoms with Crippen LogP contribution in [0.15, 0.2) is 18.2 Å². The molecule has 0 radical (unpaired) electrons. The molecule has 2 rings (SSSR count). The molecule has 1 aromatic rings. The van der Waals surface area contributed by atoms with Crippen LogP contribution in [-0.4, -0.2) is 32.1 Å².